The van der Waals surface area contributed by atoms with Gasteiger partial charge in [-0.15, -0.1) is 0 Å². The summed E-state index contributed by atoms with van der Waals surface area (Å²) in [7, 11) is 1.69. The van der Waals surface area contributed by atoms with E-state index >= 15 is 0 Å². The second-order valence-corrected chi connectivity index (χ2v) is 8.13. The van der Waals surface area contributed by atoms with Gasteiger partial charge in [0.25, 0.3) is 0 Å². The number of aromatic amines is 1. The van der Waals surface area contributed by atoms with E-state index in [0.29, 0.717) is 16.8 Å². The summed E-state index contributed by atoms with van der Waals surface area (Å²) in [6.45, 7) is 10.3. The number of benzene rings is 2. The Labute approximate surface area is 178 Å². The number of methoxy groups -OCH3 is 1. The van der Waals surface area contributed by atoms with E-state index in [1.165, 1.54) is 26.1 Å². The predicted molar refractivity (Wildman–Crippen MR) is 123 cm³/mol. The Bertz CT molecular complexity index is 988. The molecule has 1 unspecified atom stereocenters. The summed E-state index contributed by atoms with van der Waals surface area (Å²) in [5, 5.41) is 6.43. The molecule has 156 valence electrons. The van der Waals surface area contributed by atoms with Gasteiger partial charge in [-0.05, 0) is 51.8 Å². The number of pyridine rings is 1. The summed E-state index contributed by atoms with van der Waals surface area (Å²) in [6, 6.07) is 10.2. The van der Waals surface area contributed by atoms with Crippen molar-refractivity contribution in [1.29, 1.82) is 0 Å². The molecule has 3 aromatic rings. The van der Waals surface area contributed by atoms with Crippen LogP contribution in [0.3, 0.4) is 0 Å². The number of hydrogen-bond donors (Lipinski definition) is 3. The summed E-state index contributed by atoms with van der Waals surface area (Å²) in [4.78, 5) is 5.12. The average molecular weight is 417 g/mol. The van der Waals surface area contributed by atoms with Gasteiger partial charge in [-0.1, -0.05) is 11.6 Å². The lowest BCUT2D eigenvalue weighted by atomic mass is 10.0. The Balaban J connectivity index is 1.97. The molecule has 0 aliphatic rings. The van der Waals surface area contributed by atoms with E-state index in [-0.39, 0.29) is 0 Å². The van der Waals surface area contributed by atoms with Crippen LogP contribution >= 0.6 is 11.6 Å². The Morgan fingerprint density at radius 1 is 1.14 bits per heavy atom. The van der Waals surface area contributed by atoms with E-state index in [2.05, 4.69) is 37.1 Å². The number of H-pyrrole nitrogens is 1. The third-order valence-corrected chi connectivity index (χ3v) is 6.06. The highest BCUT2D eigenvalue weighted by molar-refractivity contribution is 6.34. The number of rotatable bonds is 9. The second kappa shape index (κ2) is 9.51. The summed E-state index contributed by atoms with van der Waals surface area (Å²) >= 11 is 6.28. The molecule has 5 N–H and O–H groups in total. The standard InChI is InChI=1S/C23H31ClN4O/c1-5-28(6-2)11-7-8-15(3)26-23-17-12-16(29-4)9-10-21(17)27-22-14-19(24)20(25)13-18(22)23/h9-10,12-15H,5-8,11,25H2,1-4H3,(H,26,27)/p+2. The molecular formula is C23H33ClN4O+2. The summed E-state index contributed by atoms with van der Waals surface area (Å²) in [5.74, 6) is 0.827. The van der Waals surface area contributed by atoms with Crippen LogP contribution in [0.4, 0.5) is 11.4 Å². The Morgan fingerprint density at radius 3 is 2.55 bits per heavy atom. The molecule has 0 spiro atoms. The molecule has 2 aromatic carbocycles. The number of nitrogens with two attached hydrogens (primary N) is 1. The van der Waals surface area contributed by atoms with Crippen molar-refractivity contribution in [2.75, 3.05) is 37.8 Å². The quantitative estimate of drug-likeness (QED) is 0.369. The van der Waals surface area contributed by atoms with Crippen molar-refractivity contribution >= 4 is 44.8 Å². The van der Waals surface area contributed by atoms with E-state index in [0.717, 1.165) is 39.7 Å². The molecule has 0 saturated heterocycles. The fourth-order valence-electron chi connectivity index (χ4n) is 3.89. The van der Waals surface area contributed by atoms with Gasteiger partial charge in [-0.25, -0.2) is 4.98 Å². The number of fused-ring (bicyclic) bond motifs is 2. The van der Waals surface area contributed by atoms with Crippen molar-refractivity contribution in [1.82, 2.24) is 0 Å². The number of anilines is 2. The molecule has 6 heteroatoms. The Kier molecular flexibility index (Phi) is 7.04. The lowest BCUT2D eigenvalue weighted by Crippen LogP contribution is -3.11. The van der Waals surface area contributed by atoms with Gasteiger partial charge in [0.1, 0.15) is 5.75 Å². The van der Waals surface area contributed by atoms with E-state index in [1.807, 2.05) is 24.3 Å². The summed E-state index contributed by atoms with van der Waals surface area (Å²) in [6.07, 6.45) is 2.30. The highest BCUT2D eigenvalue weighted by Gasteiger charge is 2.18. The second-order valence-electron chi connectivity index (χ2n) is 7.73. The topological polar surface area (TPSA) is 65.9 Å². The monoisotopic (exact) mass is 416 g/mol. The first-order chi connectivity index (χ1) is 14.0. The third-order valence-electron chi connectivity index (χ3n) is 5.73. The maximum Gasteiger partial charge on any atom is 0.215 e. The molecule has 3 rings (SSSR count). The zero-order valence-electron chi connectivity index (χ0n) is 17.9. The van der Waals surface area contributed by atoms with E-state index in [4.69, 9.17) is 22.1 Å². The van der Waals surface area contributed by atoms with Crippen LogP contribution in [0.25, 0.3) is 21.8 Å². The highest BCUT2D eigenvalue weighted by Crippen LogP contribution is 2.35. The molecule has 0 amide bonds. The van der Waals surface area contributed by atoms with Crippen molar-refractivity contribution in [3.8, 4) is 5.75 Å². The number of hydrogen-bond acceptors (Lipinski definition) is 3. The lowest BCUT2D eigenvalue weighted by Gasteiger charge is -2.20. The van der Waals surface area contributed by atoms with Crippen LogP contribution in [-0.2, 0) is 0 Å². The fourth-order valence-corrected chi connectivity index (χ4v) is 4.06. The summed E-state index contributed by atoms with van der Waals surface area (Å²) in [5.41, 5.74) is 9.77. The number of nitrogens with one attached hydrogen (secondary N) is 3. The van der Waals surface area contributed by atoms with Crippen molar-refractivity contribution < 1.29 is 14.6 Å². The molecule has 0 saturated carbocycles. The van der Waals surface area contributed by atoms with E-state index in [1.54, 1.807) is 12.0 Å². The average Bonchev–Trinajstić information content (AvgIpc) is 2.72. The molecule has 0 bridgehead atoms. The van der Waals surface area contributed by atoms with Gasteiger partial charge >= 0.3 is 0 Å². The van der Waals surface area contributed by atoms with Crippen molar-refractivity contribution in [2.24, 2.45) is 0 Å². The van der Waals surface area contributed by atoms with Crippen LogP contribution in [0.2, 0.25) is 5.02 Å². The maximum atomic E-state index is 6.28. The molecule has 1 atom stereocenters. The van der Waals surface area contributed by atoms with Crippen molar-refractivity contribution in [3.05, 3.63) is 35.4 Å². The minimum absolute atomic E-state index is 0.335. The molecule has 1 heterocycles. The molecule has 5 nitrogen and oxygen atoms in total. The number of nitrogen functional groups attached to an aromatic ring is 1. The zero-order valence-corrected chi connectivity index (χ0v) is 18.6. The van der Waals surface area contributed by atoms with Gasteiger partial charge in [0.05, 0.1) is 53.9 Å². The first kappa shape index (κ1) is 21.5. The molecule has 29 heavy (non-hydrogen) atoms. The minimum atomic E-state index is 0.335. The van der Waals surface area contributed by atoms with Gasteiger partial charge in [0, 0.05) is 18.2 Å². The Morgan fingerprint density at radius 2 is 1.86 bits per heavy atom. The largest absolute Gasteiger partial charge is 0.497 e. The van der Waals surface area contributed by atoms with E-state index in [9.17, 15) is 0 Å². The highest BCUT2D eigenvalue weighted by atomic mass is 35.5. The number of halogens is 1. The molecule has 0 fully saturated rings. The molecule has 0 aliphatic carbocycles. The van der Waals surface area contributed by atoms with E-state index < -0.39 is 0 Å². The fraction of sp³-hybridized carbons (Fsp3) is 0.435. The first-order valence-corrected chi connectivity index (χ1v) is 10.9. The molecular weight excluding hydrogens is 384 g/mol. The van der Waals surface area contributed by atoms with Gasteiger partial charge in [0.2, 0.25) is 11.0 Å². The summed E-state index contributed by atoms with van der Waals surface area (Å²) < 4.78 is 5.46. The van der Waals surface area contributed by atoms with Gasteiger partial charge in [-0.3, -0.25) is 0 Å². The number of aromatic nitrogens is 1. The maximum absolute atomic E-state index is 6.28. The third kappa shape index (κ3) is 4.85. The number of ether oxygens (including phenoxy) is 1. The molecule has 0 aliphatic heterocycles. The SMILES string of the molecule is CC[NH+](CC)CCCC(C)Nc1c2cc(OC)ccc2[nH+]c2cc(Cl)c(N)cc12. The van der Waals surface area contributed by atoms with Crippen LogP contribution in [0, 0.1) is 0 Å². The molecule has 0 radical (unpaired) electrons. The minimum Gasteiger partial charge on any atom is -0.497 e. The predicted octanol–water partition coefficient (Wildman–Crippen LogP) is 3.56. The Hall–Kier alpha value is -2.24. The van der Waals surface area contributed by atoms with Gasteiger partial charge < -0.3 is 20.7 Å². The van der Waals surface area contributed by atoms with Crippen LogP contribution in [0.15, 0.2) is 30.3 Å². The van der Waals surface area contributed by atoms with Crippen LogP contribution in [0.1, 0.15) is 33.6 Å². The zero-order chi connectivity index (χ0) is 21.0. The van der Waals surface area contributed by atoms with Crippen LogP contribution in [0.5, 0.6) is 5.75 Å². The first-order valence-electron chi connectivity index (χ1n) is 10.5. The molecule has 1 aromatic heterocycles. The lowest BCUT2D eigenvalue weighted by molar-refractivity contribution is -0.896. The van der Waals surface area contributed by atoms with Crippen LogP contribution in [-0.4, -0.2) is 32.8 Å². The number of quaternary nitrogens is 1. The van der Waals surface area contributed by atoms with Crippen molar-refractivity contribution in [3.63, 3.8) is 0 Å². The smallest absolute Gasteiger partial charge is 0.215 e. The normalized spacial score (nSPS) is 12.6. The van der Waals surface area contributed by atoms with Gasteiger partial charge in [0.15, 0.2) is 0 Å². The van der Waals surface area contributed by atoms with Crippen molar-refractivity contribution in [2.45, 2.75) is 39.7 Å². The van der Waals surface area contributed by atoms with Gasteiger partial charge in [-0.2, -0.15) is 0 Å². The van der Waals surface area contributed by atoms with Crippen LogP contribution < -0.4 is 25.7 Å².